The van der Waals surface area contributed by atoms with Crippen LogP contribution in [0.4, 0.5) is 26.3 Å². The number of hydrogen-bond donors (Lipinski definition) is 8. The van der Waals surface area contributed by atoms with E-state index in [1.807, 2.05) is 0 Å². The van der Waals surface area contributed by atoms with E-state index in [9.17, 15) is 35.9 Å². The maximum atomic E-state index is 13.2. The maximum Gasteiger partial charge on any atom is 0.375 e. The highest BCUT2D eigenvalue weighted by Crippen LogP contribution is 2.18. The fourth-order valence-electron chi connectivity index (χ4n) is 1.72. The largest absolute Gasteiger partial charge is 0.481 e. The van der Waals surface area contributed by atoms with Gasteiger partial charge in [0, 0.05) is 26.0 Å². The van der Waals surface area contributed by atoms with E-state index < -0.39 is 55.8 Å². The number of carbonyl (C=O) groups is 2. The van der Waals surface area contributed by atoms with Crippen molar-refractivity contribution in [2.24, 2.45) is 11.5 Å². The minimum absolute atomic E-state index is 0.146. The molecule has 0 bridgehead atoms. The van der Waals surface area contributed by atoms with Gasteiger partial charge in [0.05, 0.1) is 6.54 Å². The molecule has 0 aliphatic rings. The molecule has 0 atom stereocenters. The Morgan fingerprint density at radius 2 is 1.26 bits per heavy atom. The van der Waals surface area contributed by atoms with Crippen molar-refractivity contribution in [3.8, 4) is 0 Å². The second-order valence-electron chi connectivity index (χ2n) is 6.88. The quantitative estimate of drug-likeness (QED) is 0.0965. The molecular formula is C18H36F6N4O6. The van der Waals surface area contributed by atoms with Gasteiger partial charge in [-0.2, -0.15) is 8.78 Å². The third kappa shape index (κ3) is 26.5. The van der Waals surface area contributed by atoms with Crippen molar-refractivity contribution in [1.29, 1.82) is 0 Å². The van der Waals surface area contributed by atoms with Crippen LogP contribution >= 0.6 is 0 Å². The van der Waals surface area contributed by atoms with Crippen molar-refractivity contribution in [3.05, 3.63) is 0 Å². The standard InChI is InChI=1S/C10H24F2N4.C4H4F2O4.C4H8F2O2/c11-10(12,9-16-7-2-5-14)3-8-15-6-1-4-13;5-4(6,3(9)10)1-2(7)8;5-4(6,3-8)1-2-7/h15-16H,1-9,13-14H2;1H2,(H,7,8)(H,9,10);7-8H,1-3H2. The molecule has 0 amide bonds. The zero-order valence-corrected chi connectivity index (χ0v) is 18.7. The highest BCUT2D eigenvalue weighted by atomic mass is 19.3. The molecular weight excluding hydrogens is 482 g/mol. The summed E-state index contributed by atoms with van der Waals surface area (Å²) in [4.78, 5) is 19.1. The van der Waals surface area contributed by atoms with Gasteiger partial charge in [-0.15, -0.1) is 0 Å². The molecule has 206 valence electrons. The van der Waals surface area contributed by atoms with E-state index in [0.717, 1.165) is 12.8 Å². The number of nitrogens with two attached hydrogens (primary N) is 2. The fourth-order valence-corrected chi connectivity index (χ4v) is 1.72. The van der Waals surface area contributed by atoms with Gasteiger partial charge in [-0.25, -0.2) is 22.4 Å². The van der Waals surface area contributed by atoms with E-state index in [1.54, 1.807) is 0 Å². The Hall–Kier alpha value is -1.72. The van der Waals surface area contributed by atoms with Gasteiger partial charge >= 0.3 is 17.9 Å². The number of aliphatic hydroxyl groups is 2. The van der Waals surface area contributed by atoms with Gasteiger partial charge in [0.15, 0.2) is 0 Å². The molecule has 34 heavy (non-hydrogen) atoms. The molecule has 0 aliphatic carbocycles. The van der Waals surface area contributed by atoms with Crippen molar-refractivity contribution in [2.75, 3.05) is 52.5 Å². The SMILES string of the molecule is NCCCNCCC(F)(F)CNCCCN.O=C(O)CC(F)(F)C(=O)O.OCCC(F)(F)CO. The number of carboxylic acid groups (broad SMARTS) is 2. The van der Waals surface area contributed by atoms with Crippen LogP contribution in [0.15, 0.2) is 0 Å². The fraction of sp³-hybridized carbons (Fsp3) is 0.889. The van der Waals surface area contributed by atoms with Crippen molar-refractivity contribution >= 4 is 11.9 Å². The zero-order chi connectivity index (χ0) is 27.3. The van der Waals surface area contributed by atoms with Crippen molar-refractivity contribution in [3.63, 3.8) is 0 Å². The molecule has 0 unspecified atom stereocenters. The first-order valence-electron chi connectivity index (χ1n) is 10.2. The molecule has 10 nitrogen and oxygen atoms in total. The van der Waals surface area contributed by atoms with Crippen LogP contribution in [0.5, 0.6) is 0 Å². The maximum absolute atomic E-state index is 13.2. The normalized spacial score (nSPS) is 11.7. The molecule has 0 spiro atoms. The minimum atomic E-state index is -4.16. The van der Waals surface area contributed by atoms with E-state index >= 15 is 0 Å². The molecule has 0 aromatic rings. The Balaban J connectivity index is -0.000000458. The Kier molecular flexibility index (Phi) is 22.4. The van der Waals surface area contributed by atoms with Crippen LogP contribution < -0.4 is 22.1 Å². The Labute approximate surface area is 193 Å². The van der Waals surface area contributed by atoms with Gasteiger partial charge in [0.2, 0.25) is 0 Å². The zero-order valence-electron chi connectivity index (χ0n) is 18.7. The Morgan fingerprint density at radius 1 is 0.765 bits per heavy atom. The number of aliphatic hydroxyl groups excluding tert-OH is 2. The first kappa shape index (κ1) is 36.8. The van der Waals surface area contributed by atoms with Crippen LogP contribution in [-0.4, -0.2) is 103 Å². The summed E-state index contributed by atoms with van der Waals surface area (Å²) in [5.74, 6) is -14.2. The van der Waals surface area contributed by atoms with Crippen LogP contribution in [-0.2, 0) is 9.59 Å². The summed E-state index contributed by atoms with van der Waals surface area (Å²) in [6.07, 6.45) is -0.940. The Morgan fingerprint density at radius 3 is 1.59 bits per heavy atom. The highest BCUT2D eigenvalue weighted by molar-refractivity contribution is 5.81. The Bertz CT molecular complexity index is 533. The molecule has 0 rings (SSSR count). The topological polar surface area (TPSA) is 191 Å². The van der Waals surface area contributed by atoms with Crippen LogP contribution in [0.1, 0.15) is 32.1 Å². The highest BCUT2D eigenvalue weighted by Gasteiger charge is 2.41. The minimum Gasteiger partial charge on any atom is -0.481 e. The average Bonchev–Trinajstić information content (AvgIpc) is 2.71. The molecule has 0 aliphatic heterocycles. The molecule has 0 aromatic carbocycles. The smallest absolute Gasteiger partial charge is 0.375 e. The lowest BCUT2D eigenvalue weighted by Gasteiger charge is -2.17. The summed E-state index contributed by atoms with van der Waals surface area (Å²) < 4.78 is 73.5. The van der Waals surface area contributed by atoms with Crippen LogP contribution in [0.2, 0.25) is 0 Å². The van der Waals surface area contributed by atoms with E-state index in [0.29, 0.717) is 32.7 Å². The molecule has 16 heteroatoms. The molecule has 0 saturated heterocycles. The lowest BCUT2D eigenvalue weighted by atomic mass is 10.2. The lowest BCUT2D eigenvalue weighted by Crippen LogP contribution is -2.36. The van der Waals surface area contributed by atoms with Crippen molar-refractivity contribution in [1.82, 2.24) is 10.6 Å². The van der Waals surface area contributed by atoms with Crippen LogP contribution in [0.25, 0.3) is 0 Å². The van der Waals surface area contributed by atoms with Gasteiger partial charge in [-0.3, -0.25) is 4.79 Å². The van der Waals surface area contributed by atoms with Gasteiger partial charge in [-0.1, -0.05) is 0 Å². The molecule has 0 saturated carbocycles. The molecule has 0 fully saturated rings. The van der Waals surface area contributed by atoms with E-state index in [-0.39, 0.29) is 13.0 Å². The number of carboxylic acids is 2. The summed E-state index contributed by atoms with van der Waals surface area (Å²) in [6.45, 7) is 0.640. The predicted molar refractivity (Wildman–Crippen MR) is 111 cm³/mol. The number of aliphatic carboxylic acids is 2. The van der Waals surface area contributed by atoms with Gasteiger partial charge in [0.1, 0.15) is 13.0 Å². The van der Waals surface area contributed by atoms with Gasteiger partial charge in [0.25, 0.3) is 11.8 Å². The summed E-state index contributed by atoms with van der Waals surface area (Å²) in [5, 5.41) is 36.9. The van der Waals surface area contributed by atoms with E-state index in [1.165, 1.54) is 0 Å². The van der Waals surface area contributed by atoms with Crippen molar-refractivity contribution < 1.29 is 56.4 Å². The third-order valence-corrected chi connectivity index (χ3v) is 3.56. The monoisotopic (exact) mass is 518 g/mol. The average molecular weight is 518 g/mol. The summed E-state index contributed by atoms with van der Waals surface area (Å²) >= 11 is 0. The van der Waals surface area contributed by atoms with Crippen molar-refractivity contribution in [2.45, 2.75) is 49.9 Å². The first-order chi connectivity index (χ1) is 15.6. The third-order valence-electron chi connectivity index (χ3n) is 3.56. The van der Waals surface area contributed by atoms with E-state index in [4.69, 9.17) is 31.9 Å². The summed E-state index contributed by atoms with van der Waals surface area (Å²) in [5.41, 5.74) is 10.5. The predicted octanol–water partition coefficient (Wildman–Crippen LogP) is 0.0660. The summed E-state index contributed by atoms with van der Waals surface area (Å²) in [6, 6.07) is 0. The first-order valence-corrected chi connectivity index (χ1v) is 10.2. The number of hydrogen-bond acceptors (Lipinski definition) is 8. The van der Waals surface area contributed by atoms with Gasteiger partial charge < -0.3 is 42.5 Å². The summed E-state index contributed by atoms with van der Waals surface area (Å²) in [7, 11) is 0. The molecule has 10 N–H and O–H groups in total. The lowest BCUT2D eigenvalue weighted by molar-refractivity contribution is -0.171. The molecule has 0 heterocycles. The second kappa shape index (κ2) is 20.6. The number of nitrogens with one attached hydrogen (secondary N) is 2. The molecule has 0 radical (unpaired) electrons. The van der Waals surface area contributed by atoms with Crippen LogP contribution in [0, 0.1) is 0 Å². The number of halogens is 6. The van der Waals surface area contributed by atoms with Gasteiger partial charge in [-0.05, 0) is 39.0 Å². The molecule has 0 aromatic heterocycles. The van der Waals surface area contributed by atoms with Crippen LogP contribution in [0.3, 0.4) is 0 Å². The van der Waals surface area contributed by atoms with E-state index in [2.05, 4.69) is 10.6 Å². The number of rotatable bonds is 17. The number of alkyl halides is 6. The second-order valence-corrected chi connectivity index (χ2v) is 6.88.